The van der Waals surface area contributed by atoms with Crippen LogP contribution in [-0.4, -0.2) is 61.6 Å². The van der Waals surface area contributed by atoms with E-state index in [-0.39, 0.29) is 12.6 Å². The predicted molar refractivity (Wildman–Crippen MR) is 114 cm³/mol. The Hall–Kier alpha value is -2.63. The number of nitrogens with two attached hydrogens (primary N) is 1. The number of benzene rings is 1. The van der Waals surface area contributed by atoms with Gasteiger partial charge in [0.2, 0.25) is 0 Å². The van der Waals surface area contributed by atoms with E-state index < -0.39 is 30.4 Å². The molecule has 0 spiro atoms. The average Bonchev–Trinajstić information content (AvgIpc) is 3.42. The first-order valence-electron chi connectivity index (χ1n) is 10.7. The first-order valence-corrected chi connectivity index (χ1v) is 10.7. The van der Waals surface area contributed by atoms with Gasteiger partial charge in [-0.3, -0.25) is 0 Å². The minimum Gasteiger partial charge on any atom is -0.396 e. The zero-order valence-electron chi connectivity index (χ0n) is 18.0. The summed E-state index contributed by atoms with van der Waals surface area (Å²) in [4.78, 5) is 12.7. The minimum absolute atomic E-state index is 0.0568. The summed E-state index contributed by atoms with van der Waals surface area (Å²) in [5.41, 5.74) is 8.08. The molecule has 2 aliphatic heterocycles. The van der Waals surface area contributed by atoms with Crippen molar-refractivity contribution in [2.45, 2.75) is 63.3 Å². The van der Waals surface area contributed by atoms with Gasteiger partial charge in [-0.15, -0.1) is 0 Å². The largest absolute Gasteiger partial charge is 0.396 e. The predicted octanol–water partition coefficient (Wildman–Crippen LogP) is 1.79. The molecule has 10 nitrogen and oxygen atoms in total. The van der Waals surface area contributed by atoms with Gasteiger partial charge in [0.15, 0.2) is 23.5 Å². The van der Waals surface area contributed by atoms with E-state index in [1.807, 2.05) is 48.7 Å². The molecular weight excluding hydrogens is 414 g/mol. The number of nitrogen functional groups attached to an aromatic ring is 1. The second-order valence-corrected chi connectivity index (χ2v) is 8.49. The molecule has 0 bridgehead atoms. The van der Waals surface area contributed by atoms with E-state index in [9.17, 15) is 5.11 Å². The van der Waals surface area contributed by atoms with Crippen LogP contribution in [0.3, 0.4) is 0 Å². The molecule has 0 saturated carbocycles. The molecule has 5 rings (SSSR count). The average molecular weight is 441 g/mol. The Balaban J connectivity index is 1.48. The molecule has 0 unspecified atom stereocenters. The molecule has 32 heavy (non-hydrogen) atoms. The van der Waals surface area contributed by atoms with Crippen LogP contribution in [0.5, 0.6) is 0 Å². The molecular formula is C22H27N5O5. The van der Waals surface area contributed by atoms with Crippen molar-refractivity contribution in [3.8, 4) is 0 Å². The third-order valence-corrected chi connectivity index (χ3v) is 5.86. The van der Waals surface area contributed by atoms with Crippen LogP contribution in [0.2, 0.25) is 0 Å². The van der Waals surface area contributed by atoms with Crippen LogP contribution >= 0.6 is 0 Å². The number of aliphatic hydroxyl groups is 1. The molecule has 10 heteroatoms. The van der Waals surface area contributed by atoms with Gasteiger partial charge in [0.1, 0.15) is 30.2 Å². The lowest BCUT2D eigenvalue weighted by atomic mass is 10.0. The molecule has 2 saturated heterocycles. The Kier molecular flexibility index (Phi) is 5.56. The van der Waals surface area contributed by atoms with Gasteiger partial charge in [-0.05, 0) is 25.8 Å². The molecule has 2 aromatic heterocycles. The molecule has 4 heterocycles. The number of fused-ring (bicyclic) bond motifs is 2. The number of hydrogen-bond acceptors (Lipinski definition) is 9. The maximum Gasteiger partial charge on any atom is 0.190 e. The van der Waals surface area contributed by atoms with Crippen LogP contribution in [0, 0.1) is 0 Å². The van der Waals surface area contributed by atoms with Gasteiger partial charge >= 0.3 is 0 Å². The fourth-order valence-corrected chi connectivity index (χ4v) is 4.48. The summed E-state index contributed by atoms with van der Waals surface area (Å²) in [7, 11) is 0. The van der Waals surface area contributed by atoms with Crippen molar-refractivity contribution >= 4 is 17.0 Å². The van der Waals surface area contributed by atoms with Crippen LogP contribution in [0.25, 0.3) is 11.2 Å². The smallest absolute Gasteiger partial charge is 0.190 e. The number of imidazole rings is 1. The van der Waals surface area contributed by atoms with Gasteiger partial charge in [-0.1, -0.05) is 30.3 Å². The van der Waals surface area contributed by atoms with E-state index in [1.54, 1.807) is 6.33 Å². The first kappa shape index (κ1) is 21.2. The summed E-state index contributed by atoms with van der Waals surface area (Å²) in [5.74, 6) is -0.476. The van der Waals surface area contributed by atoms with E-state index >= 15 is 0 Å². The molecule has 2 aliphatic rings. The number of hydrogen-bond donors (Lipinski definition) is 2. The SMILES string of the molecule is CC1(C)O[C@H]2O[C@H]([C@H](CCO)n3cnc4c(N)ncnc43)[C@H](OCc3ccccc3)[C@H]2O1. The molecule has 2 fully saturated rings. The third kappa shape index (κ3) is 3.84. The number of anilines is 1. The molecule has 1 aromatic carbocycles. The minimum atomic E-state index is -0.773. The molecule has 170 valence electrons. The Morgan fingerprint density at radius 2 is 2.00 bits per heavy atom. The summed E-state index contributed by atoms with van der Waals surface area (Å²) in [5, 5.41) is 9.85. The fourth-order valence-electron chi connectivity index (χ4n) is 4.48. The lowest BCUT2D eigenvalue weighted by Gasteiger charge is -2.31. The van der Waals surface area contributed by atoms with E-state index in [0.717, 1.165) is 5.56 Å². The van der Waals surface area contributed by atoms with Gasteiger partial charge in [0.05, 0.1) is 19.0 Å². The van der Waals surface area contributed by atoms with Crippen molar-refractivity contribution in [3.63, 3.8) is 0 Å². The molecule has 5 atom stereocenters. The Bertz CT molecular complexity index is 1080. The zero-order chi connectivity index (χ0) is 22.3. The molecule has 3 aromatic rings. The van der Waals surface area contributed by atoms with Gasteiger partial charge in [0.25, 0.3) is 0 Å². The maximum absolute atomic E-state index is 9.85. The highest BCUT2D eigenvalue weighted by Gasteiger charge is 2.57. The van der Waals surface area contributed by atoms with E-state index in [1.165, 1.54) is 6.33 Å². The molecule has 0 amide bonds. The standard InChI is InChI=1S/C22H27N5O5/c1-22(2)31-18-17(29-10-13-6-4-3-5-7-13)16(30-21(18)32-22)14(8-9-28)27-12-26-15-19(23)24-11-25-20(15)27/h3-7,11-12,14,16-18,21,28H,8-10H2,1-2H3,(H2,23,24,25)/t14-,16+,17-,18+,21+/m0/s1. The van der Waals surface area contributed by atoms with Crippen molar-refractivity contribution < 1.29 is 24.1 Å². The second kappa shape index (κ2) is 8.38. The van der Waals surface area contributed by atoms with Crippen molar-refractivity contribution in [3.05, 3.63) is 48.5 Å². The lowest BCUT2D eigenvalue weighted by molar-refractivity contribution is -0.224. The second-order valence-electron chi connectivity index (χ2n) is 8.49. The van der Waals surface area contributed by atoms with E-state index in [4.69, 9.17) is 24.7 Å². The maximum atomic E-state index is 9.85. The van der Waals surface area contributed by atoms with E-state index in [2.05, 4.69) is 15.0 Å². The highest BCUT2D eigenvalue weighted by Crippen LogP contribution is 2.43. The summed E-state index contributed by atoms with van der Waals surface area (Å²) >= 11 is 0. The number of rotatable bonds is 7. The Morgan fingerprint density at radius 3 is 2.78 bits per heavy atom. The zero-order valence-corrected chi connectivity index (χ0v) is 18.0. The van der Waals surface area contributed by atoms with Crippen LogP contribution in [-0.2, 0) is 25.6 Å². The first-order chi connectivity index (χ1) is 15.5. The fraction of sp³-hybridized carbons (Fsp3) is 0.500. The number of aliphatic hydroxyl groups excluding tert-OH is 1. The van der Waals surface area contributed by atoms with Gasteiger partial charge < -0.3 is 34.4 Å². The van der Waals surface area contributed by atoms with Gasteiger partial charge in [-0.25, -0.2) is 15.0 Å². The van der Waals surface area contributed by atoms with Crippen molar-refractivity contribution in [2.24, 2.45) is 0 Å². The highest BCUT2D eigenvalue weighted by molar-refractivity contribution is 5.81. The molecule has 0 aliphatic carbocycles. The topological polar surface area (TPSA) is 127 Å². The number of nitrogens with zero attached hydrogens (tertiary/aromatic N) is 4. The quantitative estimate of drug-likeness (QED) is 0.564. The van der Waals surface area contributed by atoms with Gasteiger partial charge in [-0.2, -0.15) is 0 Å². The Labute approximate surface area is 185 Å². The third-order valence-electron chi connectivity index (χ3n) is 5.86. The monoisotopic (exact) mass is 441 g/mol. The van der Waals surface area contributed by atoms with Crippen molar-refractivity contribution in [1.82, 2.24) is 19.5 Å². The summed E-state index contributed by atoms with van der Waals surface area (Å²) < 4.78 is 26.7. The molecule has 0 radical (unpaired) electrons. The van der Waals surface area contributed by atoms with Crippen LogP contribution in [0.1, 0.15) is 31.9 Å². The van der Waals surface area contributed by atoms with Crippen molar-refractivity contribution in [1.29, 1.82) is 0 Å². The summed E-state index contributed by atoms with van der Waals surface area (Å²) in [6.45, 7) is 4.04. The molecule has 3 N–H and O–H groups in total. The normalized spacial score (nSPS) is 27.6. The van der Waals surface area contributed by atoms with Crippen LogP contribution in [0.15, 0.2) is 43.0 Å². The summed E-state index contributed by atoms with van der Waals surface area (Å²) in [6.07, 6.45) is 1.55. The van der Waals surface area contributed by atoms with Crippen molar-refractivity contribution in [2.75, 3.05) is 12.3 Å². The van der Waals surface area contributed by atoms with Crippen LogP contribution in [0.4, 0.5) is 5.82 Å². The summed E-state index contributed by atoms with van der Waals surface area (Å²) in [6, 6.07) is 9.59. The number of aromatic nitrogens is 4. The highest BCUT2D eigenvalue weighted by atomic mass is 16.8. The van der Waals surface area contributed by atoms with Gasteiger partial charge in [0, 0.05) is 6.61 Å². The number of ether oxygens (including phenoxy) is 4. The van der Waals surface area contributed by atoms with E-state index in [0.29, 0.717) is 30.0 Å². The van der Waals surface area contributed by atoms with Crippen LogP contribution < -0.4 is 5.73 Å². The Morgan fingerprint density at radius 1 is 1.19 bits per heavy atom. The lowest BCUT2D eigenvalue weighted by Crippen LogP contribution is -2.41.